The summed E-state index contributed by atoms with van der Waals surface area (Å²) in [6.45, 7) is 1.96. The smallest absolute Gasteiger partial charge is 0.239 e. The molecule has 0 bridgehead atoms. The first-order chi connectivity index (χ1) is 14.2. The van der Waals surface area contributed by atoms with E-state index < -0.39 is 0 Å². The number of ether oxygens (including phenoxy) is 1. The molecule has 0 aliphatic rings. The normalized spacial score (nSPS) is 12.1. The molecule has 0 radical (unpaired) electrons. The van der Waals surface area contributed by atoms with Gasteiger partial charge in [-0.1, -0.05) is 48.2 Å². The molecule has 1 N–H and O–H groups in total. The van der Waals surface area contributed by atoms with E-state index in [9.17, 15) is 4.79 Å². The second-order valence-electron chi connectivity index (χ2n) is 6.07. The lowest BCUT2D eigenvalue weighted by molar-refractivity contribution is -0.115. The Hall–Kier alpha value is -2.98. The molecule has 0 saturated heterocycles. The summed E-state index contributed by atoms with van der Waals surface area (Å²) >= 11 is 2.74. The van der Waals surface area contributed by atoms with Crippen LogP contribution in [0, 0.1) is 0 Å². The minimum absolute atomic E-state index is 0.133. The zero-order chi connectivity index (χ0) is 20.2. The second kappa shape index (κ2) is 8.58. The molecule has 0 aliphatic heterocycles. The van der Waals surface area contributed by atoms with Gasteiger partial charge in [-0.25, -0.2) is 4.98 Å². The number of anilines is 1. The Morgan fingerprint density at radius 2 is 2.10 bits per heavy atom. The number of rotatable bonds is 7. The molecule has 4 rings (SSSR count). The number of aromatic nitrogens is 5. The van der Waals surface area contributed by atoms with Gasteiger partial charge >= 0.3 is 0 Å². The van der Waals surface area contributed by atoms with Crippen molar-refractivity contribution in [3.63, 3.8) is 0 Å². The van der Waals surface area contributed by atoms with Gasteiger partial charge in [-0.2, -0.15) is 4.68 Å². The molecule has 4 aromatic rings. The van der Waals surface area contributed by atoms with E-state index in [0.717, 1.165) is 21.7 Å². The van der Waals surface area contributed by atoms with Gasteiger partial charge in [0.2, 0.25) is 11.1 Å². The fourth-order valence-corrected chi connectivity index (χ4v) is 4.51. The van der Waals surface area contributed by atoms with Gasteiger partial charge in [0.1, 0.15) is 5.75 Å². The zero-order valence-corrected chi connectivity index (χ0v) is 17.4. The van der Waals surface area contributed by atoms with Crippen molar-refractivity contribution in [1.29, 1.82) is 0 Å². The Balaban J connectivity index is 1.50. The average Bonchev–Trinajstić information content (AvgIpc) is 3.38. The number of carbonyl (C=O) groups is 1. The number of methoxy groups -OCH3 is 1. The minimum atomic E-state index is -0.356. The largest absolute Gasteiger partial charge is 0.497 e. The van der Waals surface area contributed by atoms with Crippen molar-refractivity contribution < 1.29 is 9.53 Å². The fourth-order valence-electron chi connectivity index (χ4n) is 2.70. The van der Waals surface area contributed by atoms with Gasteiger partial charge in [0.05, 0.1) is 28.3 Å². The summed E-state index contributed by atoms with van der Waals surface area (Å²) < 4.78 is 7.82. The highest BCUT2D eigenvalue weighted by Gasteiger charge is 2.23. The van der Waals surface area contributed by atoms with E-state index in [0.29, 0.717) is 16.7 Å². The lowest BCUT2D eigenvalue weighted by Crippen LogP contribution is -2.25. The number of para-hydroxylation sites is 1. The number of thiazole rings is 1. The summed E-state index contributed by atoms with van der Waals surface area (Å²) in [4.78, 5) is 17.3. The fraction of sp³-hybridized carbons (Fsp3) is 0.211. The summed E-state index contributed by atoms with van der Waals surface area (Å²) in [5.74, 6) is 0.625. The monoisotopic (exact) mass is 426 g/mol. The predicted molar refractivity (Wildman–Crippen MR) is 114 cm³/mol. The minimum Gasteiger partial charge on any atom is -0.497 e. The topological polar surface area (TPSA) is 94.8 Å². The SMILES string of the molecule is CCC(Sc1nnnn1-c1ccccc1)C(=O)Nc1nc2ccc(OC)cc2s1. The molecule has 8 nitrogen and oxygen atoms in total. The van der Waals surface area contributed by atoms with E-state index in [-0.39, 0.29) is 11.2 Å². The van der Waals surface area contributed by atoms with Gasteiger partial charge in [0.25, 0.3) is 0 Å². The quantitative estimate of drug-likeness (QED) is 0.449. The number of hydrogen-bond donors (Lipinski definition) is 1. The van der Waals surface area contributed by atoms with Crippen LogP contribution in [0.25, 0.3) is 15.9 Å². The number of hydrogen-bond acceptors (Lipinski definition) is 8. The number of fused-ring (bicyclic) bond motifs is 1. The van der Waals surface area contributed by atoms with Crippen LogP contribution >= 0.6 is 23.1 Å². The Labute approximate surface area is 175 Å². The molecule has 148 valence electrons. The maximum Gasteiger partial charge on any atom is 0.239 e. The van der Waals surface area contributed by atoms with Crippen LogP contribution in [0.4, 0.5) is 5.13 Å². The van der Waals surface area contributed by atoms with E-state index in [2.05, 4.69) is 25.8 Å². The lowest BCUT2D eigenvalue weighted by atomic mass is 10.3. The third-order valence-electron chi connectivity index (χ3n) is 4.18. The highest BCUT2D eigenvalue weighted by molar-refractivity contribution is 8.00. The summed E-state index contributed by atoms with van der Waals surface area (Å²) in [6, 6.07) is 15.2. The van der Waals surface area contributed by atoms with Crippen LogP contribution < -0.4 is 10.1 Å². The second-order valence-corrected chi connectivity index (χ2v) is 8.27. The van der Waals surface area contributed by atoms with E-state index in [4.69, 9.17) is 4.74 Å². The predicted octanol–water partition coefficient (Wildman–Crippen LogP) is 3.79. The summed E-state index contributed by atoms with van der Waals surface area (Å²) in [5, 5.41) is 15.6. The van der Waals surface area contributed by atoms with Crippen LogP contribution in [-0.2, 0) is 4.79 Å². The van der Waals surface area contributed by atoms with Gasteiger partial charge in [0.15, 0.2) is 5.13 Å². The Morgan fingerprint density at radius 1 is 1.28 bits per heavy atom. The molecule has 0 fully saturated rings. The summed E-state index contributed by atoms with van der Waals surface area (Å²) in [6.07, 6.45) is 0.622. The van der Waals surface area contributed by atoms with Gasteiger partial charge in [-0.15, -0.1) is 5.10 Å². The Kier molecular flexibility index (Phi) is 5.72. The van der Waals surface area contributed by atoms with Crippen molar-refractivity contribution in [3.8, 4) is 11.4 Å². The number of nitrogens with one attached hydrogen (secondary N) is 1. The van der Waals surface area contributed by atoms with E-state index >= 15 is 0 Å². The highest BCUT2D eigenvalue weighted by Crippen LogP contribution is 2.31. The molecule has 1 amide bonds. The van der Waals surface area contributed by atoms with Crippen LogP contribution in [0.3, 0.4) is 0 Å². The maximum atomic E-state index is 12.8. The van der Waals surface area contributed by atoms with E-state index in [1.807, 2.05) is 55.5 Å². The molecular weight excluding hydrogens is 408 g/mol. The molecular formula is C19H18N6O2S2. The van der Waals surface area contributed by atoms with Crippen LogP contribution in [0.1, 0.15) is 13.3 Å². The number of amides is 1. The van der Waals surface area contributed by atoms with Crippen LogP contribution in [-0.4, -0.2) is 43.5 Å². The first-order valence-corrected chi connectivity index (χ1v) is 10.6. The lowest BCUT2D eigenvalue weighted by Gasteiger charge is -2.12. The van der Waals surface area contributed by atoms with Crippen LogP contribution in [0.2, 0.25) is 0 Å². The molecule has 1 atom stereocenters. The molecule has 0 saturated carbocycles. The number of carbonyl (C=O) groups excluding carboxylic acids is 1. The van der Waals surface area contributed by atoms with Crippen molar-refractivity contribution in [2.45, 2.75) is 23.8 Å². The number of tetrazole rings is 1. The first-order valence-electron chi connectivity index (χ1n) is 8.94. The van der Waals surface area contributed by atoms with Gasteiger partial charge in [-0.3, -0.25) is 4.79 Å². The molecule has 29 heavy (non-hydrogen) atoms. The Bertz CT molecular complexity index is 1130. The van der Waals surface area contributed by atoms with Gasteiger partial charge < -0.3 is 10.1 Å². The van der Waals surface area contributed by atoms with Crippen molar-refractivity contribution >= 4 is 44.4 Å². The van der Waals surface area contributed by atoms with Crippen molar-refractivity contribution in [2.24, 2.45) is 0 Å². The molecule has 2 aromatic carbocycles. The van der Waals surface area contributed by atoms with E-state index in [1.165, 1.54) is 23.1 Å². The third kappa shape index (κ3) is 4.22. The average molecular weight is 427 g/mol. The molecule has 2 aromatic heterocycles. The molecule has 2 heterocycles. The number of nitrogens with zero attached hydrogens (tertiary/aromatic N) is 5. The van der Waals surface area contributed by atoms with Gasteiger partial charge in [-0.05, 0) is 47.2 Å². The van der Waals surface area contributed by atoms with Crippen molar-refractivity contribution in [3.05, 3.63) is 48.5 Å². The van der Waals surface area contributed by atoms with Crippen LogP contribution in [0.15, 0.2) is 53.7 Å². The van der Waals surface area contributed by atoms with E-state index in [1.54, 1.807) is 11.8 Å². The number of thioether (sulfide) groups is 1. The molecule has 10 heteroatoms. The Morgan fingerprint density at radius 3 is 2.86 bits per heavy atom. The highest BCUT2D eigenvalue weighted by atomic mass is 32.2. The molecule has 1 unspecified atom stereocenters. The zero-order valence-electron chi connectivity index (χ0n) is 15.8. The standard InChI is InChI=1S/C19H18N6O2S2/c1-3-15(29-19-22-23-24-25(19)12-7-5-4-6-8-12)17(26)21-18-20-14-10-9-13(27-2)11-16(14)28-18/h4-11,15H,3H2,1-2H3,(H,20,21,26). The van der Waals surface area contributed by atoms with Gasteiger partial charge in [0, 0.05) is 0 Å². The number of benzene rings is 2. The van der Waals surface area contributed by atoms with Crippen LogP contribution in [0.5, 0.6) is 5.75 Å². The summed E-state index contributed by atoms with van der Waals surface area (Å²) in [7, 11) is 1.62. The van der Waals surface area contributed by atoms with Crippen molar-refractivity contribution in [1.82, 2.24) is 25.2 Å². The summed E-state index contributed by atoms with van der Waals surface area (Å²) in [5.41, 5.74) is 1.66. The van der Waals surface area contributed by atoms with Crippen molar-refractivity contribution in [2.75, 3.05) is 12.4 Å². The first kappa shape index (κ1) is 19.3. The maximum absolute atomic E-state index is 12.8. The third-order valence-corrected chi connectivity index (χ3v) is 6.41. The molecule has 0 spiro atoms. The molecule has 0 aliphatic carbocycles.